The Labute approximate surface area is 288 Å². The number of carbonyl (C=O) groups excluding carboxylic acids is 1. The van der Waals surface area contributed by atoms with Crippen molar-refractivity contribution in [1.82, 2.24) is 0 Å². The summed E-state index contributed by atoms with van der Waals surface area (Å²) >= 11 is 0. The van der Waals surface area contributed by atoms with E-state index in [9.17, 15) is 19.4 Å². The molecule has 0 amide bonds. The molecule has 0 radical (unpaired) electrons. The molecule has 3 atom stereocenters. The fourth-order valence-corrected chi connectivity index (χ4v) is 6.01. The summed E-state index contributed by atoms with van der Waals surface area (Å²) in [6, 6.07) is 0. The number of esters is 1. The summed E-state index contributed by atoms with van der Waals surface area (Å²) in [6.07, 6.45) is 31.6. The fourth-order valence-electron chi connectivity index (χ4n) is 5.22. The first-order chi connectivity index (χ1) is 22.8. The molecule has 0 bridgehead atoms. The highest BCUT2D eigenvalue weighted by atomic mass is 31.2. The summed E-state index contributed by atoms with van der Waals surface area (Å²) in [4.78, 5) is 22.5. The summed E-state index contributed by atoms with van der Waals surface area (Å²) < 4.78 is 33.2. The van der Waals surface area contributed by atoms with Gasteiger partial charge in [0, 0.05) is 13.0 Å². The van der Waals surface area contributed by atoms with Gasteiger partial charge >= 0.3 is 13.8 Å². The van der Waals surface area contributed by atoms with Crippen molar-refractivity contribution in [3.8, 4) is 0 Å². The predicted molar refractivity (Wildman–Crippen MR) is 191 cm³/mol. The van der Waals surface area contributed by atoms with E-state index in [1.54, 1.807) is 0 Å². The van der Waals surface area contributed by atoms with Gasteiger partial charge in [0.25, 0.3) is 0 Å². The molecule has 0 aliphatic rings. The van der Waals surface area contributed by atoms with Crippen LogP contribution in [-0.2, 0) is 27.9 Å². The zero-order valence-electron chi connectivity index (χ0n) is 30.3. The Morgan fingerprint density at radius 2 is 1.11 bits per heavy atom. The predicted octanol–water partition coefficient (Wildman–Crippen LogP) is 9.75. The van der Waals surface area contributed by atoms with Gasteiger partial charge in [-0.1, -0.05) is 148 Å². The second-order valence-electron chi connectivity index (χ2n) is 13.0. The van der Waals surface area contributed by atoms with Gasteiger partial charge in [-0.05, 0) is 32.1 Å². The zero-order chi connectivity index (χ0) is 34.7. The van der Waals surface area contributed by atoms with Gasteiger partial charge in [-0.3, -0.25) is 13.8 Å². The summed E-state index contributed by atoms with van der Waals surface area (Å²) in [5, 5.41) is 18.3. The lowest BCUT2D eigenvalue weighted by Gasteiger charge is -2.20. The van der Waals surface area contributed by atoms with Crippen LogP contribution in [0, 0.1) is 0 Å². The quantitative estimate of drug-likeness (QED) is 0.0252. The average Bonchev–Trinajstić information content (AvgIpc) is 3.06. The SMILES string of the molecule is CCCC/C=C\CCCCCCCCOCC(COP(=O)(O)OCC(O)CO)OC(=O)CCCCCCCCCCCCCCCC. The maximum absolute atomic E-state index is 12.5. The van der Waals surface area contributed by atoms with Crippen LogP contribution in [0.25, 0.3) is 0 Å². The molecule has 0 spiro atoms. The molecule has 10 heteroatoms. The van der Waals surface area contributed by atoms with Crippen LogP contribution in [0.3, 0.4) is 0 Å². The van der Waals surface area contributed by atoms with Gasteiger partial charge in [0.05, 0.1) is 26.4 Å². The molecule has 3 N–H and O–H groups in total. The molecule has 0 aromatic carbocycles. The molecule has 280 valence electrons. The lowest BCUT2D eigenvalue weighted by atomic mass is 10.0. The molecule has 0 aromatic rings. The number of hydrogen-bond acceptors (Lipinski definition) is 8. The molecule has 0 fully saturated rings. The number of aliphatic hydroxyl groups is 2. The Morgan fingerprint density at radius 1 is 0.638 bits per heavy atom. The Kier molecular flexibility index (Phi) is 34.4. The van der Waals surface area contributed by atoms with Crippen molar-refractivity contribution >= 4 is 13.8 Å². The second kappa shape index (κ2) is 35.0. The molecule has 9 nitrogen and oxygen atoms in total. The van der Waals surface area contributed by atoms with E-state index in [2.05, 4.69) is 26.0 Å². The van der Waals surface area contributed by atoms with Crippen LogP contribution in [0.1, 0.15) is 174 Å². The van der Waals surface area contributed by atoms with Crippen LogP contribution in [0.15, 0.2) is 12.2 Å². The molecule has 0 heterocycles. The third-order valence-corrected chi connectivity index (χ3v) is 9.15. The van der Waals surface area contributed by atoms with Crippen molar-refractivity contribution in [2.45, 2.75) is 187 Å². The summed E-state index contributed by atoms with van der Waals surface area (Å²) in [5.41, 5.74) is 0. The number of hydrogen-bond donors (Lipinski definition) is 3. The van der Waals surface area contributed by atoms with Crippen molar-refractivity contribution in [2.75, 3.05) is 33.0 Å². The van der Waals surface area contributed by atoms with E-state index in [-0.39, 0.29) is 25.6 Å². The van der Waals surface area contributed by atoms with Crippen LogP contribution in [0.2, 0.25) is 0 Å². The first-order valence-corrected chi connectivity index (χ1v) is 20.7. The highest BCUT2D eigenvalue weighted by Crippen LogP contribution is 2.43. The third kappa shape index (κ3) is 34.8. The molecular formula is C37H73O9P. The monoisotopic (exact) mass is 692 g/mol. The molecule has 0 aliphatic heterocycles. The molecule has 0 saturated heterocycles. The van der Waals surface area contributed by atoms with E-state index in [1.165, 1.54) is 109 Å². The van der Waals surface area contributed by atoms with E-state index < -0.39 is 33.2 Å². The highest BCUT2D eigenvalue weighted by Gasteiger charge is 2.26. The number of carbonyl (C=O) groups is 1. The third-order valence-electron chi connectivity index (χ3n) is 8.20. The molecule has 3 unspecified atom stereocenters. The van der Waals surface area contributed by atoms with Crippen molar-refractivity contribution in [1.29, 1.82) is 0 Å². The average molecular weight is 693 g/mol. The highest BCUT2D eigenvalue weighted by molar-refractivity contribution is 7.47. The minimum absolute atomic E-state index is 0.0497. The fraction of sp³-hybridized carbons (Fsp3) is 0.919. The van der Waals surface area contributed by atoms with Gasteiger partial charge in [0.1, 0.15) is 12.2 Å². The summed E-state index contributed by atoms with van der Waals surface area (Å²) in [5.74, 6) is -0.384. The summed E-state index contributed by atoms with van der Waals surface area (Å²) in [6.45, 7) is 3.48. The van der Waals surface area contributed by atoms with Crippen LogP contribution in [0.4, 0.5) is 0 Å². The lowest BCUT2D eigenvalue weighted by Crippen LogP contribution is -2.29. The number of unbranched alkanes of at least 4 members (excludes halogenated alkanes) is 21. The Bertz CT molecular complexity index is 749. The molecule has 0 saturated carbocycles. The topological polar surface area (TPSA) is 132 Å². The Morgan fingerprint density at radius 3 is 1.66 bits per heavy atom. The van der Waals surface area contributed by atoms with E-state index in [1.807, 2.05) is 0 Å². The van der Waals surface area contributed by atoms with Gasteiger partial charge in [-0.25, -0.2) is 4.57 Å². The van der Waals surface area contributed by atoms with Crippen molar-refractivity contribution in [3.63, 3.8) is 0 Å². The first-order valence-electron chi connectivity index (χ1n) is 19.2. The zero-order valence-corrected chi connectivity index (χ0v) is 31.2. The maximum atomic E-state index is 12.5. The van der Waals surface area contributed by atoms with Crippen molar-refractivity contribution < 1.29 is 43.0 Å². The second-order valence-corrected chi connectivity index (χ2v) is 14.4. The smallest absolute Gasteiger partial charge is 0.457 e. The Balaban J connectivity index is 4.21. The van der Waals surface area contributed by atoms with Crippen LogP contribution in [0.5, 0.6) is 0 Å². The van der Waals surface area contributed by atoms with Crippen molar-refractivity contribution in [3.05, 3.63) is 12.2 Å². The summed E-state index contributed by atoms with van der Waals surface area (Å²) in [7, 11) is -4.50. The lowest BCUT2D eigenvalue weighted by molar-refractivity contribution is -0.154. The van der Waals surface area contributed by atoms with Crippen LogP contribution < -0.4 is 0 Å². The minimum atomic E-state index is -4.50. The van der Waals surface area contributed by atoms with E-state index in [0.717, 1.165) is 44.9 Å². The number of aliphatic hydroxyl groups excluding tert-OH is 2. The van der Waals surface area contributed by atoms with Crippen molar-refractivity contribution in [2.24, 2.45) is 0 Å². The molecule has 47 heavy (non-hydrogen) atoms. The van der Waals surface area contributed by atoms with Gasteiger partial charge in [0.15, 0.2) is 0 Å². The van der Waals surface area contributed by atoms with Gasteiger partial charge in [0.2, 0.25) is 0 Å². The Hall–Kier alpha value is -0.800. The largest absolute Gasteiger partial charge is 0.472 e. The van der Waals surface area contributed by atoms with Crippen LogP contribution in [-0.4, -0.2) is 66.3 Å². The van der Waals surface area contributed by atoms with Crippen LogP contribution >= 0.6 is 7.82 Å². The molecular weight excluding hydrogens is 619 g/mol. The number of allylic oxidation sites excluding steroid dienone is 2. The standard InChI is InChI=1S/C37H73O9P/c1-3-5-7-9-11-13-15-17-18-19-21-23-25-27-29-37(40)46-36(34-45-47(41,42)44-32-35(39)31-38)33-43-30-28-26-24-22-20-16-14-12-10-8-6-4-2/h10,12,35-36,38-39H,3-9,11,13-34H2,1-2H3,(H,41,42)/b12-10-. The maximum Gasteiger partial charge on any atom is 0.472 e. The van der Waals surface area contributed by atoms with E-state index in [4.69, 9.17) is 23.6 Å². The first kappa shape index (κ1) is 46.2. The number of rotatable bonds is 37. The minimum Gasteiger partial charge on any atom is -0.457 e. The number of phosphoric acid groups is 1. The number of ether oxygens (including phenoxy) is 2. The van der Waals surface area contributed by atoms with E-state index in [0.29, 0.717) is 6.61 Å². The normalized spacial score (nSPS) is 14.4. The molecule has 0 aromatic heterocycles. The molecule has 0 rings (SSSR count). The van der Waals surface area contributed by atoms with Gasteiger partial charge in [-0.2, -0.15) is 0 Å². The molecule has 0 aliphatic carbocycles. The number of phosphoric ester groups is 1. The van der Waals surface area contributed by atoms with E-state index >= 15 is 0 Å². The van der Waals surface area contributed by atoms with Gasteiger partial charge in [-0.15, -0.1) is 0 Å². The van der Waals surface area contributed by atoms with Gasteiger partial charge < -0.3 is 24.6 Å².